The summed E-state index contributed by atoms with van der Waals surface area (Å²) >= 11 is 0. The summed E-state index contributed by atoms with van der Waals surface area (Å²) in [5.41, 5.74) is 1.34. The molecule has 140 valence electrons. The van der Waals surface area contributed by atoms with E-state index in [1.165, 1.54) is 0 Å². The van der Waals surface area contributed by atoms with Gasteiger partial charge in [0.15, 0.2) is 5.82 Å². The van der Waals surface area contributed by atoms with E-state index in [-0.39, 0.29) is 5.91 Å². The molecule has 0 bridgehead atoms. The monoisotopic (exact) mass is 354 g/mol. The highest BCUT2D eigenvalue weighted by Crippen LogP contribution is 2.21. The second kappa shape index (κ2) is 9.90. The molecule has 0 aliphatic carbocycles. The molecule has 2 aromatic rings. The van der Waals surface area contributed by atoms with E-state index >= 15 is 0 Å². The first-order chi connectivity index (χ1) is 12.5. The number of hydrogen-bond donors (Lipinski definition) is 1. The van der Waals surface area contributed by atoms with Crippen LogP contribution in [0.2, 0.25) is 0 Å². The Morgan fingerprint density at radius 3 is 2.31 bits per heavy atom. The molecule has 1 aromatic heterocycles. The lowest BCUT2D eigenvalue weighted by Gasteiger charge is -2.23. The Balaban J connectivity index is 2.43. The van der Waals surface area contributed by atoms with E-state index in [1.807, 2.05) is 36.4 Å². The minimum absolute atomic E-state index is 0.146. The van der Waals surface area contributed by atoms with Crippen molar-refractivity contribution in [2.75, 3.05) is 24.5 Å². The smallest absolute Gasteiger partial charge is 0.270 e. The van der Waals surface area contributed by atoms with Crippen LogP contribution in [0.5, 0.6) is 0 Å². The van der Waals surface area contributed by atoms with E-state index in [4.69, 9.17) is 4.98 Å². The zero-order chi connectivity index (χ0) is 18.9. The molecule has 0 atom stereocenters. The quantitative estimate of drug-likeness (QED) is 0.735. The van der Waals surface area contributed by atoms with E-state index < -0.39 is 0 Å². The van der Waals surface area contributed by atoms with Gasteiger partial charge in [-0.2, -0.15) is 0 Å². The molecule has 0 radical (unpaired) electrons. The number of carbonyl (C=O) groups excluding carboxylic acids is 1. The molecular formula is C21H30N4O. The minimum atomic E-state index is -0.146. The van der Waals surface area contributed by atoms with E-state index in [1.54, 1.807) is 0 Å². The molecule has 5 heteroatoms. The van der Waals surface area contributed by atoms with Crippen LogP contribution < -0.4 is 10.2 Å². The lowest BCUT2D eigenvalue weighted by atomic mass is 10.2. The molecule has 1 aromatic carbocycles. The summed E-state index contributed by atoms with van der Waals surface area (Å²) in [5.74, 6) is 1.66. The predicted molar refractivity (Wildman–Crippen MR) is 107 cm³/mol. The first kappa shape index (κ1) is 19.9. The van der Waals surface area contributed by atoms with Gasteiger partial charge >= 0.3 is 0 Å². The largest absolute Gasteiger partial charge is 0.357 e. The zero-order valence-electron chi connectivity index (χ0n) is 16.3. The number of hydrogen-bond acceptors (Lipinski definition) is 4. The van der Waals surface area contributed by atoms with Crippen molar-refractivity contribution in [3.05, 3.63) is 42.1 Å². The lowest BCUT2D eigenvalue weighted by Crippen LogP contribution is -2.30. The van der Waals surface area contributed by atoms with Gasteiger partial charge in [-0.05, 0) is 18.8 Å². The average Bonchev–Trinajstić information content (AvgIpc) is 2.66. The molecule has 1 heterocycles. The zero-order valence-corrected chi connectivity index (χ0v) is 16.3. The molecule has 5 nitrogen and oxygen atoms in total. The van der Waals surface area contributed by atoms with Crippen LogP contribution in [0.3, 0.4) is 0 Å². The maximum Gasteiger partial charge on any atom is 0.270 e. The van der Waals surface area contributed by atoms with Gasteiger partial charge in [0.05, 0.1) is 0 Å². The van der Waals surface area contributed by atoms with Crippen molar-refractivity contribution in [3.63, 3.8) is 0 Å². The molecule has 0 saturated heterocycles. The summed E-state index contributed by atoms with van der Waals surface area (Å²) in [5, 5.41) is 2.96. The van der Waals surface area contributed by atoms with Crippen molar-refractivity contribution in [1.29, 1.82) is 0 Å². The van der Waals surface area contributed by atoms with Gasteiger partial charge in [0.2, 0.25) is 0 Å². The molecule has 0 fully saturated rings. The predicted octanol–water partition coefficient (Wildman–Crippen LogP) is 4.16. The topological polar surface area (TPSA) is 58.1 Å². The van der Waals surface area contributed by atoms with Crippen molar-refractivity contribution >= 4 is 11.7 Å². The van der Waals surface area contributed by atoms with Crippen molar-refractivity contribution < 1.29 is 4.79 Å². The van der Waals surface area contributed by atoms with Gasteiger partial charge in [-0.25, -0.2) is 9.97 Å². The number of nitrogens with one attached hydrogen (secondary N) is 1. The molecule has 0 saturated carbocycles. The van der Waals surface area contributed by atoms with Crippen LogP contribution in [-0.2, 0) is 0 Å². The minimum Gasteiger partial charge on any atom is -0.357 e. The average molecular weight is 354 g/mol. The number of amides is 1. The third kappa shape index (κ3) is 5.55. The van der Waals surface area contributed by atoms with Gasteiger partial charge in [-0.1, -0.05) is 58.0 Å². The first-order valence-electron chi connectivity index (χ1n) is 9.52. The second-order valence-corrected chi connectivity index (χ2v) is 6.89. The van der Waals surface area contributed by atoms with Crippen LogP contribution in [-0.4, -0.2) is 35.5 Å². The van der Waals surface area contributed by atoms with Crippen molar-refractivity contribution in [2.24, 2.45) is 5.92 Å². The third-order valence-electron chi connectivity index (χ3n) is 3.96. The first-order valence-corrected chi connectivity index (χ1v) is 9.52. The van der Waals surface area contributed by atoms with Gasteiger partial charge in [0, 0.05) is 31.3 Å². The molecular weight excluding hydrogens is 324 g/mol. The Hall–Kier alpha value is -2.43. The van der Waals surface area contributed by atoms with Crippen molar-refractivity contribution in [3.8, 4) is 11.4 Å². The summed E-state index contributed by atoms with van der Waals surface area (Å²) in [7, 11) is 0. The number of rotatable bonds is 9. The number of benzene rings is 1. The van der Waals surface area contributed by atoms with E-state index in [0.29, 0.717) is 24.0 Å². The van der Waals surface area contributed by atoms with Crippen molar-refractivity contribution in [2.45, 2.75) is 40.5 Å². The Morgan fingerprint density at radius 2 is 1.73 bits per heavy atom. The lowest BCUT2D eigenvalue weighted by molar-refractivity contribution is 0.0944. The van der Waals surface area contributed by atoms with Crippen molar-refractivity contribution in [1.82, 2.24) is 15.3 Å². The summed E-state index contributed by atoms with van der Waals surface area (Å²) < 4.78 is 0. The van der Waals surface area contributed by atoms with Gasteiger partial charge in [0.1, 0.15) is 11.5 Å². The van der Waals surface area contributed by atoms with Crippen LogP contribution >= 0.6 is 0 Å². The molecule has 1 amide bonds. The number of anilines is 1. The van der Waals surface area contributed by atoms with Crippen LogP contribution in [0.4, 0.5) is 5.82 Å². The summed E-state index contributed by atoms with van der Waals surface area (Å²) in [6, 6.07) is 11.6. The van der Waals surface area contributed by atoms with Gasteiger partial charge < -0.3 is 10.2 Å². The molecule has 0 aliphatic heterocycles. The Morgan fingerprint density at radius 1 is 1.08 bits per heavy atom. The Kier molecular flexibility index (Phi) is 7.57. The van der Waals surface area contributed by atoms with Gasteiger partial charge in [0.25, 0.3) is 5.91 Å². The molecule has 0 aliphatic rings. The third-order valence-corrected chi connectivity index (χ3v) is 3.96. The fourth-order valence-electron chi connectivity index (χ4n) is 2.70. The molecule has 2 rings (SSSR count). The Labute approximate surface area is 156 Å². The number of nitrogens with zero attached hydrogens (tertiary/aromatic N) is 3. The maximum atomic E-state index is 12.6. The summed E-state index contributed by atoms with van der Waals surface area (Å²) in [4.78, 5) is 24.1. The fraction of sp³-hybridized carbons (Fsp3) is 0.476. The van der Waals surface area contributed by atoms with Gasteiger partial charge in [-0.3, -0.25) is 4.79 Å². The molecule has 0 spiro atoms. The summed E-state index contributed by atoms with van der Waals surface area (Å²) in [6.07, 6.45) is 2.05. The van der Waals surface area contributed by atoms with E-state index in [2.05, 4.69) is 42.9 Å². The Bertz CT molecular complexity index is 694. The van der Waals surface area contributed by atoms with E-state index in [9.17, 15) is 4.79 Å². The SMILES string of the molecule is CCCN(CCC)c1cc(C(=O)NCC(C)C)nc(-c2ccccc2)n1. The van der Waals surface area contributed by atoms with Gasteiger partial charge in [-0.15, -0.1) is 0 Å². The van der Waals surface area contributed by atoms with E-state index in [0.717, 1.165) is 37.3 Å². The number of carbonyl (C=O) groups is 1. The maximum absolute atomic E-state index is 12.6. The normalized spacial score (nSPS) is 10.8. The highest BCUT2D eigenvalue weighted by Gasteiger charge is 2.16. The second-order valence-electron chi connectivity index (χ2n) is 6.89. The van der Waals surface area contributed by atoms with Crippen LogP contribution in [0.15, 0.2) is 36.4 Å². The molecule has 0 unspecified atom stereocenters. The van der Waals surface area contributed by atoms with Crippen LogP contribution in [0.1, 0.15) is 51.0 Å². The molecule has 1 N–H and O–H groups in total. The number of aromatic nitrogens is 2. The highest BCUT2D eigenvalue weighted by molar-refractivity contribution is 5.93. The summed E-state index contributed by atoms with van der Waals surface area (Å²) in [6.45, 7) is 10.9. The standard InChI is InChI=1S/C21H30N4O/c1-5-12-25(13-6-2)19-14-18(21(26)22-15-16(3)4)23-20(24-19)17-10-8-7-9-11-17/h7-11,14,16H,5-6,12-13,15H2,1-4H3,(H,22,26). The highest BCUT2D eigenvalue weighted by atomic mass is 16.1. The van der Waals surface area contributed by atoms with Crippen LogP contribution in [0.25, 0.3) is 11.4 Å². The fourth-order valence-corrected chi connectivity index (χ4v) is 2.70. The molecule has 26 heavy (non-hydrogen) atoms. The van der Waals surface area contributed by atoms with Crippen LogP contribution in [0, 0.1) is 5.92 Å².